The van der Waals surface area contributed by atoms with Crippen molar-refractivity contribution in [1.29, 1.82) is 0 Å². The summed E-state index contributed by atoms with van der Waals surface area (Å²) in [5.74, 6) is -1.14. The zero-order valence-electron chi connectivity index (χ0n) is 11.8. The summed E-state index contributed by atoms with van der Waals surface area (Å²) in [6, 6.07) is 3.07. The highest BCUT2D eigenvalue weighted by molar-refractivity contribution is 5.86. The maximum Gasteiger partial charge on any atom is 0.358 e. The fourth-order valence-corrected chi connectivity index (χ4v) is 2.19. The predicted octanol–water partition coefficient (Wildman–Crippen LogP) is 2.05. The number of benzene rings is 1. The molecule has 2 aromatic rings. The normalized spacial score (nSPS) is 10.6. The summed E-state index contributed by atoms with van der Waals surface area (Å²) < 4.78 is 1.43. The second kappa shape index (κ2) is 5.31. The fraction of sp³-hybridized carbons (Fsp3) is 0.308. The third kappa shape index (κ3) is 2.47. The molecule has 0 aliphatic rings. The molecule has 0 aliphatic carbocycles. The monoisotopic (exact) mass is 290 g/mol. The van der Waals surface area contributed by atoms with Crippen molar-refractivity contribution < 1.29 is 14.8 Å². The topological polar surface area (TPSA) is 111 Å². The lowest BCUT2D eigenvalue weighted by atomic mass is 10.1. The van der Waals surface area contributed by atoms with Crippen LogP contribution in [0, 0.1) is 24.0 Å². The van der Waals surface area contributed by atoms with Crippen LogP contribution in [-0.4, -0.2) is 31.0 Å². The molecule has 0 amide bonds. The zero-order valence-corrected chi connectivity index (χ0v) is 11.8. The summed E-state index contributed by atoms with van der Waals surface area (Å²) in [7, 11) is 0. The van der Waals surface area contributed by atoms with E-state index in [1.54, 1.807) is 26.8 Å². The van der Waals surface area contributed by atoms with Crippen LogP contribution in [0.4, 0.5) is 5.69 Å². The van der Waals surface area contributed by atoms with Gasteiger partial charge in [0, 0.05) is 11.6 Å². The molecule has 0 saturated heterocycles. The van der Waals surface area contributed by atoms with Gasteiger partial charge in [-0.3, -0.25) is 10.1 Å². The minimum atomic E-state index is -1.14. The van der Waals surface area contributed by atoms with E-state index >= 15 is 0 Å². The van der Waals surface area contributed by atoms with E-state index in [2.05, 4.69) is 10.3 Å². The summed E-state index contributed by atoms with van der Waals surface area (Å²) in [6.45, 7) is 5.14. The lowest BCUT2D eigenvalue weighted by Gasteiger charge is -2.10. The number of carbonyl (C=O) groups is 1. The average Bonchev–Trinajstić information content (AvgIpc) is 2.84. The van der Waals surface area contributed by atoms with Gasteiger partial charge in [-0.15, -0.1) is 5.10 Å². The molecular weight excluding hydrogens is 276 g/mol. The quantitative estimate of drug-likeness (QED) is 0.681. The van der Waals surface area contributed by atoms with Crippen LogP contribution in [0.2, 0.25) is 0 Å². The first-order valence-corrected chi connectivity index (χ1v) is 6.30. The highest BCUT2D eigenvalue weighted by Crippen LogP contribution is 2.26. The van der Waals surface area contributed by atoms with E-state index in [-0.39, 0.29) is 11.4 Å². The molecule has 8 heteroatoms. The molecule has 0 bridgehead atoms. The van der Waals surface area contributed by atoms with E-state index in [0.717, 1.165) is 0 Å². The Labute approximate surface area is 120 Å². The zero-order chi connectivity index (χ0) is 15.7. The molecule has 8 nitrogen and oxygen atoms in total. The van der Waals surface area contributed by atoms with Gasteiger partial charge in [0.15, 0.2) is 5.69 Å². The molecule has 0 saturated carbocycles. The Bertz CT molecular complexity index is 736. The second-order valence-electron chi connectivity index (χ2n) is 4.64. The minimum absolute atomic E-state index is 0.0212. The number of nitro benzene ring substituents is 1. The van der Waals surface area contributed by atoms with E-state index in [9.17, 15) is 14.9 Å². The molecule has 0 radical (unpaired) electrons. The number of aromatic nitrogens is 3. The van der Waals surface area contributed by atoms with Gasteiger partial charge in [-0.05, 0) is 31.9 Å². The Morgan fingerprint density at radius 2 is 2.05 bits per heavy atom. The Kier molecular flexibility index (Phi) is 3.70. The molecule has 1 aromatic carbocycles. The molecule has 0 atom stereocenters. The minimum Gasteiger partial charge on any atom is -0.476 e. The van der Waals surface area contributed by atoms with E-state index in [1.807, 2.05) is 0 Å². The van der Waals surface area contributed by atoms with Crippen LogP contribution < -0.4 is 0 Å². The molecule has 0 unspecified atom stereocenters. The van der Waals surface area contributed by atoms with Gasteiger partial charge < -0.3 is 5.11 Å². The van der Waals surface area contributed by atoms with Gasteiger partial charge in [0.25, 0.3) is 5.69 Å². The highest BCUT2D eigenvalue weighted by Gasteiger charge is 2.21. The van der Waals surface area contributed by atoms with E-state index in [1.165, 1.54) is 10.7 Å². The number of rotatable bonds is 4. The van der Waals surface area contributed by atoms with Gasteiger partial charge in [0.2, 0.25) is 0 Å². The third-order valence-electron chi connectivity index (χ3n) is 3.24. The van der Waals surface area contributed by atoms with Gasteiger partial charge in [-0.2, -0.15) is 0 Å². The number of hydrogen-bond donors (Lipinski definition) is 1. The van der Waals surface area contributed by atoms with Crippen molar-refractivity contribution in [2.75, 3.05) is 0 Å². The van der Waals surface area contributed by atoms with Gasteiger partial charge in [0.05, 0.1) is 16.3 Å². The van der Waals surface area contributed by atoms with E-state index < -0.39 is 10.9 Å². The summed E-state index contributed by atoms with van der Waals surface area (Å²) in [6.07, 6.45) is 0.435. The summed E-state index contributed by atoms with van der Waals surface area (Å²) >= 11 is 0. The van der Waals surface area contributed by atoms with Crippen LogP contribution >= 0.6 is 0 Å². The third-order valence-corrected chi connectivity index (χ3v) is 3.24. The van der Waals surface area contributed by atoms with Crippen molar-refractivity contribution >= 4 is 11.7 Å². The lowest BCUT2D eigenvalue weighted by Crippen LogP contribution is -2.08. The molecule has 110 valence electrons. The Hall–Kier alpha value is -2.77. The molecule has 1 aromatic heterocycles. The largest absolute Gasteiger partial charge is 0.476 e. The molecule has 0 fully saturated rings. The Morgan fingerprint density at radius 1 is 1.38 bits per heavy atom. The Morgan fingerprint density at radius 3 is 2.57 bits per heavy atom. The SMILES string of the molecule is CCc1c(C(=O)O)nnn1-c1cc(C)c([N+](=O)[O-])cc1C. The van der Waals surface area contributed by atoms with E-state index in [4.69, 9.17) is 5.11 Å². The van der Waals surface area contributed by atoms with Crippen LogP contribution in [0.25, 0.3) is 5.69 Å². The number of nitro groups is 1. The van der Waals surface area contributed by atoms with E-state index in [0.29, 0.717) is 28.9 Å². The molecular formula is C13H14N4O4. The smallest absolute Gasteiger partial charge is 0.358 e. The summed E-state index contributed by atoms with van der Waals surface area (Å²) in [4.78, 5) is 21.6. The van der Waals surface area contributed by atoms with Gasteiger partial charge in [-0.1, -0.05) is 12.1 Å². The lowest BCUT2D eigenvalue weighted by molar-refractivity contribution is -0.385. The number of carboxylic acids is 1. The first-order chi connectivity index (χ1) is 9.86. The second-order valence-corrected chi connectivity index (χ2v) is 4.64. The molecule has 1 N–H and O–H groups in total. The summed E-state index contributed by atoms with van der Waals surface area (Å²) in [5.41, 5.74) is 2.08. The Balaban J connectivity index is 2.65. The van der Waals surface area contributed by atoms with Crippen LogP contribution in [0.3, 0.4) is 0 Å². The molecule has 0 aliphatic heterocycles. The van der Waals surface area contributed by atoms with Crippen LogP contribution in [0.1, 0.15) is 34.2 Å². The maximum absolute atomic E-state index is 11.1. The maximum atomic E-state index is 11.1. The van der Waals surface area contributed by atoms with Crippen molar-refractivity contribution in [3.05, 3.63) is 44.8 Å². The van der Waals surface area contributed by atoms with Crippen molar-refractivity contribution in [3.63, 3.8) is 0 Å². The average molecular weight is 290 g/mol. The fourth-order valence-electron chi connectivity index (χ4n) is 2.19. The summed E-state index contributed by atoms with van der Waals surface area (Å²) in [5, 5.41) is 27.6. The molecule has 1 heterocycles. The molecule has 0 spiro atoms. The van der Waals surface area contributed by atoms with Crippen molar-refractivity contribution in [1.82, 2.24) is 15.0 Å². The van der Waals surface area contributed by atoms with Gasteiger partial charge >= 0.3 is 5.97 Å². The van der Waals surface area contributed by atoms with Crippen molar-refractivity contribution in [2.45, 2.75) is 27.2 Å². The number of nitrogens with zero attached hydrogens (tertiary/aromatic N) is 4. The number of carboxylic acid groups (broad SMARTS) is 1. The van der Waals surface area contributed by atoms with Gasteiger partial charge in [-0.25, -0.2) is 9.48 Å². The van der Waals surface area contributed by atoms with Crippen LogP contribution in [0.15, 0.2) is 12.1 Å². The standard InChI is InChI=1S/C13H14N4O4/c1-4-9-12(13(18)19)14-15-16(9)10-5-8(3)11(17(20)21)6-7(10)2/h5-6H,4H2,1-3H3,(H,18,19). The molecule has 21 heavy (non-hydrogen) atoms. The number of hydrogen-bond acceptors (Lipinski definition) is 5. The first kappa shape index (κ1) is 14.6. The predicted molar refractivity (Wildman–Crippen MR) is 73.8 cm³/mol. The van der Waals surface area contributed by atoms with Crippen LogP contribution in [-0.2, 0) is 6.42 Å². The highest BCUT2D eigenvalue weighted by atomic mass is 16.6. The first-order valence-electron chi connectivity index (χ1n) is 6.30. The number of aromatic carboxylic acids is 1. The number of aryl methyl sites for hydroxylation is 2. The van der Waals surface area contributed by atoms with Crippen molar-refractivity contribution in [2.24, 2.45) is 0 Å². The van der Waals surface area contributed by atoms with Crippen molar-refractivity contribution in [3.8, 4) is 5.69 Å². The van der Waals surface area contributed by atoms with Crippen LogP contribution in [0.5, 0.6) is 0 Å². The molecule has 2 rings (SSSR count). The van der Waals surface area contributed by atoms with Gasteiger partial charge in [0.1, 0.15) is 0 Å².